The van der Waals surface area contributed by atoms with Gasteiger partial charge in [-0.05, 0) is 63.2 Å². The molecule has 0 radical (unpaired) electrons. The van der Waals surface area contributed by atoms with E-state index in [1.807, 2.05) is 32.9 Å². The second-order valence-corrected chi connectivity index (χ2v) is 9.79. The van der Waals surface area contributed by atoms with E-state index < -0.39 is 29.7 Å². The normalized spacial score (nSPS) is 16.1. The third-order valence-corrected chi connectivity index (χ3v) is 6.74. The molecule has 1 heterocycles. The van der Waals surface area contributed by atoms with E-state index in [0.29, 0.717) is 40.9 Å². The number of fused-ring (bicyclic) bond motifs is 1. The van der Waals surface area contributed by atoms with Crippen LogP contribution in [0.5, 0.6) is 0 Å². The maximum atomic E-state index is 14.3. The molecule has 1 aliphatic heterocycles. The van der Waals surface area contributed by atoms with Gasteiger partial charge in [-0.2, -0.15) is 0 Å². The van der Waals surface area contributed by atoms with Crippen LogP contribution in [0.25, 0.3) is 0 Å². The lowest BCUT2D eigenvalue weighted by atomic mass is 9.87. The molecule has 40 heavy (non-hydrogen) atoms. The third kappa shape index (κ3) is 6.62. The Balaban J connectivity index is 1.69. The van der Waals surface area contributed by atoms with Crippen LogP contribution in [0.2, 0.25) is 5.02 Å². The van der Waals surface area contributed by atoms with E-state index in [9.17, 15) is 14.4 Å². The number of halogens is 1. The van der Waals surface area contributed by atoms with Crippen LogP contribution in [0.1, 0.15) is 31.4 Å². The van der Waals surface area contributed by atoms with Crippen LogP contribution in [0.15, 0.2) is 72.8 Å². The first-order valence-corrected chi connectivity index (χ1v) is 13.5. The van der Waals surface area contributed by atoms with Crippen molar-refractivity contribution in [2.75, 3.05) is 35.3 Å². The number of benzene rings is 3. The molecule has 0 spiro atoms. The lowest BCUT2D eigenvalue weighted by Gasteiger charge is -2.30. The minimum atomic E-state index is -1.69. The van der Waals surface area contributed by atoms with E-state index in [0.717, 1.165) is 5.56 Å². The van der Waals surface area contributed by atoms with Crippen molar-refractivity contribution in [3.63, 3.8) is 0 Å². The summed E-state index contributed by atoms with van der Waals surface area (Å²) < 4.78 is 11.4. The SMILES string of the molecule is CCOC(CN1C(=O)C(CC(=O)Nc2ccc(Cl)cc2)(NC(=O)Nc2ccc(C)cc2)c2ccccc21)OCC. The van der Waals surface area contributed by atoms with E-state index in [-0.39, 0.29) is 13.0 Å². The van der Waals surface area contributed by atoms with E-state index in [1.54, 1.807) is 60.7 Å². The average Bonchev–Trinajstić information content (AvgIpc) is 3.14. The molecular formula is C30H33ClN4O5. The van der Waals surface area contributed by atoms with Crippen LogP contribution in [0.3, 0.4) is 0 Å². The number of rotatable bonds is 11. The minimum absolute atomic E-state index is 0.0827. The zero-order valence-electron chi connectivity index (χ0n) is 22.7. The first-order valence-electron chi connectivity index (χ1n) is 13.1. The van der Waals surface area contributed by atoms with E-state index in [2.05, 4.69) is 16.0 Å². The van der Waals surface area contributed by atoms with Crippen LogP contribution in [-0.2, 0) is 24.6 Å². The molecule has 9 nitrogen and oxygen atoms in total. The smallest absolute Gasteiger partial charge is 0.320 e. The summed E-state index contributed by atoms with van der Waals surface area (Å²) in [6.45, 7) is 6.49. The standard InChI is InChI=1S/C30H33ClN4O5/c1-4-39-27(40-5-2)19-35-25-9-7-6-8-24(25)30(28(35)37,18-26(36)32-22-16-12-21(31)13-17-22)34-29(38)33-23-14-10-20(3)11-15-23/h6-17,27H,4-5,18-19H2,1-3H3,(H,32,36)(H2,33,34,38). The monoisotopic (exact) mass is 564 g/mol. The summed E-state index contributed by atoms with van der Waals surface area (Å²) in [6, 6.07) is 20.3. The average molecular weight is 565 g/mol. The number of ether oxygens (including phenoxy) is 2. The second-order valence-electron chi connectivity index (χ2n) is 9.36. The molecule has 0 saturated heterocycles. The number of nitrogens with zero attached hydrogens (tertiary/aromatic N) is 1. The fraction of sp³-hybridized carbons (Fsp3) is 0.300. The molecule has 0 bridgehead atoms. The van der Waals surface area contributed by atoms with Crippen molar-refractivity contribution in [1.29, 1.82) is 0 Å². The highest BCUT2D eigenvalue weighted by Gasteiger charge is 2.53. The Morgan fingerprint density at radius 2 is 1.50 bits per heavy atom. The number of nitrogens with one attached hydrogen (secondary N) is 3. The van der Waals surface area contributed by atoms with Crippen molar-refractivity contribution >= 4 is 46.5 Å². The van der Waals surface area contributed by atoms with Crippen molar-refractivity contribution in [2.24, 2.45) is 0 Å². The lowest BCUT2D eigenvalue weighted by molar-refractivity contribution is -0.138. The molecule has 4 amide bonds. The first kappa shape index (κ1) is 29.1. The Labute approximate surface area is 238 Å². The van der Waals surface area contributed by atoms with Gasteiger partial charge in [-0.25, -0.2) is 4.79 Å². The van der Waals surface area contributed by atoms with Gasteiger partial charge in [0.25, 0.3) is 5.91 Å². The summed E-state index contributed by atoms with van der Waals surface area (Å²) in [5, 5.41) is 8.96. The Morgan fingerprint density at radius 3 is 2.15 bits per heavy atom. The number of carbonyl (C=O) groups excluding carboxylic acids is 3. The van der Waals surface area contributed by atoms with Gasteiger partial charge in [-0.15, -0.1) is 0 Å². The summed E-state index contributed by atoms with van der Waals surface area (Å²) in [4.78, 5) is 42.5. The van der Waals surface area contributed by atoms with E-state index >= 15 is 0 Å². The highest BCUT2D eigenvalue weighted by molar-refractivity contribution is 6.30. The van der Waals surface area contributed by atoms with Crippen molar-refractivity contribution in [3.05, 3.63) is 88.9 Å². The van der Waals surface area contributed by atoms with E-state index in [4.69, 9.17) is 21.1 Å². The van der Waals surface area contributed by atoms with Crippen molar-refractivity contribution in [3.8, 4) is 0 Å². The molecule has 4 rings (SSSR count). The number of carbonyl (C=O) groups is 3. The van der Waals surface area contributed by atoms with Crippen LogP contribution in [0, 0.1) is 6.92 Å². The van der Waals surface area contributed by atoms with Gasteiger partial charge in [0.2, 0.25) is 5.91 Å². The number of hydrogen-bond donors (Lipinski definition) is 3. The van der Waals surface area contributed by atoms with Gasteiger partial charge in [0.15, 0.2) is 11.8 Å². The van der Waals surface area contributed by atoms with Gasteiger partial charge in [0.1, 0.15) is 0 Å². The van der Waals surface area contributed by atoms with Crippen LogP contribution in [-0.4, -0.2) is 43.9 Å². The van der Waals surface area contributed by atoms with Crippen molar-refractivity contribution in [1.82, 2.24) is 5.32 Å². The third-order valence-electron chi connectivity index (χ3n) is 6.49. The zero-order valence-corrected chi connectivity index (χ0v) is 23.5. The number of aryl methyl sites for hydroxylation is 1. The highest BCUT2D eigenvalue weighted by atomic mass is 35.5. The van der Waals surface area contributed by atoms with Crippen molar-refractivity contribution in [2.45, 2.75) is 39.0 Å². The Morgan fingerprint density at radius 1 is 0.900 bits per heavy atom. The molecule has 3 aromatic carbocycles. The Bertz CT molecular complexity index is 1280. The molecule has 0 aromatic heterocycles. The molecule has 1 atom stereocenters. The maximum absolute atomic E-state index is 14.3. The Hall–Kier alpha value is -3.92. The molecule has 3 N–H and O–H groups in total. The quantitative estimate of drug-likeness (QED) is 0.269. The van der Waals surface area contributed by atoms with E-state index in [1.165, 1.54) is 4.90 Å². The molecule has 0 fully saturated rings. The highest BCUT2D eigenvalue weighted by Crippen LogP contribution is 2.43. The molecular weight excluding hydrogens is 532 g/mol. The fourth-order valence-electron chi connectivity index (χ4n) is 4.69. The van der Waals surface area contributed by atoms with Gasteiger partial charge in [-0.3, -0.25) is 9.59 Å². The van der Waals surface area contributed by atoms with Gasteiger partial charge in [0.05, 0.1) is 18.7 Å². The molecule has 1 unspecified atom stereocenters. The molecule has 210 valence electrons. The fourth-order valence-corrected chi connectivity index (χ4v) is 4.81. The van der Waals surface area contributed by atoms with Gasteiger partial charge >= 0.3 is 6.03 Å². The summed E-state index contributed by atoms with van der Waals surface area (Å²) in [5.74, 6) is -0.933. The number of para-hydroxylation sites is 1. The second kappa shape index (κ2) is 13.0. The molecule has 3 aromatic rings. The van der Waals surface area contributed by atoms with Gasteiger partial charge < -0.3 is 30.3 Å². The van der Waals surface area contributed by atoms with Crippen LogP contribution >= 0.6 is 11.6 Å². The van der Waals surface area contributed by atoms with Gasteiger partial charge in [-0.1, -0.05) is 47.5 Å². The zero-order chi connectivity index (χ0) is 28.7. The van der Waals surface area contributed by atoms with Crippen molar-refractivity contribution < 1.29 is 23.9 Å². The van der Waals surface area contributed by atoms with Gasteiger partial charge in [0, 0.05) is 35.2 Å². The summed E-state index contributed by atoms with van der Waals surface area (Å²) in [7, 11) is 0. The summed E-state index contributed by atoms with van der Waals surface area (Å²) in [6.07, 6.45) is -1.04. The maximum Gasteiger partial charge on any atom is 0.320 e. The number of anilines is 3. The minimum Gasteiger partial charge on any atom is -0.351 e. The topological polar surface area (TPSA) is 109 Å². The first-order chi connectivity index (χ1) is 19.3. The summed E-state index contributed by atoms with van der Waals surface area (Å²) >= 11 is 5.98. The molecule has 0 aliphatic carbocycles. The number of hydrogen-bond acceptors (Lipinski definition) is 5. The number of urea groups is 1. The Kier molecular flexibility index (Phi) is 9.42. The molecule has 10 heteroatoms. The predicted octanol–water partition coefficient (Wildman–Crippen LogP) is 5.44. The number of amides is 4. The largest absolute Gasteiger partial charge is 0.351 e. The van der Waals surface area contributed by atoms with Crippen LogP contribution < -0.4 is 20.9 Å². The lowest BCUT2D eigenvalue weighted by Crippen LogP contribution is -2.56. The predicted molar refractivity (Wildman–Crippen MR) is 156 cm³/mol. The molecule has 0 saturated carbocycles. The summed E-state index contributed by atoms with van der Waals surface area (Å²) in [5.41, 5.74) is 1.47. The van der Waals surface area contributed by atoms with Crippen LogP contribution in [0.4, 0.5) is 21.9 Å². The molecule has 1 aliphatic rings.